The molecule has 0 radical (unpaired) electrons. The first-order chi connectivity index (χ1) is 7.62. The lowest BCUT2D eigenvalue weighted by Crippen LogP contribution is -2.45. The molecule has 2 rings (SSSR count). The summed E-state index contributed by atoms with van der Waals surface area (Å²) in [6.07, 6.45) is 6.23. The standard InChI is InChI=1S/C10H20N2O3S/c1-11(10-6-3-2-4-7-10)16(13,14)12-8-5-9-15-12/h10H,2-9H2,1H3. The van der Waals surface area contributed by atoms with E-state index in [9.17, 15) is 8.42 Å². The Labute approximate surface area is 97.5 Å². The highest BCUT2D eigenvalue weighted by Crippen LogP contribution is 2.25. The van der Waals surface area contributed by atoms with Crippen LogP contribution in [0.4, 0.5) is 0 Å². The minimum absolute atomic E-state index is 0.156. The molecule has 0 unspecified atom stereocenters. The second kappa shape index (κ2) is 5.00. The third-order valence-corrected chi connectivity index (χ3v) is 5.26. The van der Waals surface area contributed by atoms with Crippen LogP contribution in [0.5, 0.6) is 0 Å². The van der Waals surface area contributed by atoms with Gasteiger partial charge >= 0.3 is 10.2 Å². The van der Waals surface area contributed by atoms with E-state index >= 15 is 0 Å². The Balaban J connectivity index is 2.03. The van der Waals surface area contributed by atoms with Gasteiger partial charge in [0, 0.05) is 19.6 Å². The van der Waals surface area contributed by atoms with Crippen LogP contribution in [-0.4, -0.2) is 43.4 Å². The molecule has 0 spiro atoms. The van der Waals surface area contributed by atoms with E-state index in [-0.39, 0.29) is 6.04 Å². The monoisotopic (exact) mass is 248 g/mol. The number of hydrogen-bond donors (Lipinski definition) is 0. The van der Waals surface area contributed by atoms with Crippen LogP contribution in [0.15, 0.2) is 0 Å². The van der Waals surface area contributed by atoms with Crippen molar-refractivity contribution in [3.8, 4) is 0 Å². The van der Waals surface area contributed by atoms with E-state index in [1.54, 1.807) is 7.05 Å². The molecule has 1 heterocycles. The molecule has 16 heavy (non-hydrogen) atoms. The van der Waals surface area contributed by atoms with Gasteiger partial charge in [-0.2, -0.15) is 12.7 Å². The molecule has 1 aliphatic heterocycles. The summed E-state index contributed by atoms with van der Waals surface area (Å²) in [5, 5.41) is 0. The summed E-state index contributed by atoms with van der Waals surface area (Å²) < 4.78 is 27.0. The van der Waals surface area contributed by atoms with Crippen molar-refractivity contribution in [3.63, 3.8) is 0 Å². The maximum atomic E-state index is 12.2. The van der Waals surface area contributed by atoms with Gasteiger partial charge < -0.3 is 0 Å². The van der Waals surface area contributed by atoms with Gasteiger partial charge in [-0.25, -0.2) is 0 Å². The third kappa shape index (κ3) is 2.40. The van der Waals surface area contributed by atoms with Crippen molar-refractivity contribution < 1.29 is 13.3 Å². The van der Waals surface area contributed by atoms with Crippen LogP contribution in [0.3, 0.4) is 0 Å². The molecular formula is C10H20N2O3S. The number of hydroxylamine groups is 1. The summed E-state index contributed by atoms with van der Waals surface area (Å²) in [6, 6.07) is 0.156. The zero-order valence-corrected chi connectivity index (χ0v) is 10.6. The lowest BCUT2D eigenvalue weighted by molar-refractivity contribution is -0.0348. The molecule has 5 nitrogen and oxygen atoms in total. The molecule has 2 aliphatic rings. The molecule has 6 heteroatoms. The van der Waals surface area contributed by atoms with Crippen LogP contribution in [0.2, 0.25) is 0 Å². The van der Waals surface area contributed by atoms with Crippen molar-refractivity contribution >= 4 is 10.2 Å². The molecule has 2 fully saturated rings. The molecule has 0 aromatic heterocycles. The lowest BCUT2D eigenvalue weighted by Gasteiger charge is -2.32. The first kappa shape index (κ1) is 12.3. The van der Waals surface area contributed by atoms with Crippen molar-refractivity contribution in [2.24, 2.45) is 0 Å². The van der Waals surface area contributed by atoms with E-state index in [1.807, 2.05) is 0 Å². The fourth-order valence-corrected chi connectivity index (χ4v) is 3.83. The maximum absolute atomic E-state index is 12.2. The van der Waals surface area contributed by atoms with Crippen LogP contribution in [-0.2, 0) is 15.0 Å². The Morgan fingerprint density at radius 2 is 1.88 bits per heavy atom. The van der Waals surface area contributed by atoms with Gasteiger partial charge in [-0.05, 0) is 19.3 Å². The first-order valence-corrected chi connectivity index (χ1v) is 7.40. The fourth-order valence-electron chi connectivity index (χ4n) is 2.38. The molecule has 1 saturated heterocycles. The Bertz CT molecular complexity index is 319. The predicted octanol–water partition coefficient (Wildman–Crippen LogP) is 1.13. The number of nitrogens with zero attached hydrogens (tertiary/aromatic N) is 2. The van der Waals surface area contributed by atoms with Crippen LogP contribution in [0, 0.1) is 0 Å². The molecule has 0 aromatic carbocycles. The van der Waals surface area contributed by atoms with E-state index in [0.717, 1.165) is 36.6 Å². The van der Waals surface area contributed by atoms with Crippen molar-refractivity contribution in [1.82, 2.24) is 8.77 Å². The van der Waals surface area contributed by atoms with E-state index in [0.29, 0.717) is 13.2 Å². The Morgan fingerprint density at radius 1 is 1.19 bits per heavy atom. The Morgan fingerprint density at radius 3 is 2.44 bits per heavy atom. The second-order valence-corrected chi connectivity index (χ2v) is 6.41. The second-order valence-electron chi connectivity index (χ2n) is 4.53. The lowest BCUT2D eigenvalue weighted by atomic mass is 9.96. The minimum atomic E-state index is -3.39. The summed E-state index contributed by atoms with van der Waals surface area (Å²) in [6.45, 7) is 0.997. The fraction of sp³-hybridized carbons (Fsp3) is 1.00. The minimum Gasteiger partial charge on any atom is -0.283 e. The summed E-state index contributed by atoms with van der Waals surface area (Å²) in [7, 11) is -1.72. The van der Waals surface area contributed by atoms with E-state index in [4.69, 9.17) is 4.84 Å². The largest absolute Gasteiger partial charge is 0.304 e. The Hall–Kier alpha value is -0.170. The highest BCUT2D eigenvalue weighted by Gasteiger charge is 2.35. The quantitative estimate of drug-likeness (QED) is 0.752. The number of rotatable bonds is 3. The predicted molar refractivity (Wildman–Crippen MR) is 60.8 cm³/mol. The Kier molecular flexibility index (Phi) is 3.84. The number of hydrogen-bond acceptors (Lipinski definition) is 3. The van der Waals surface area contributed by atoms with E-state index < -0.39 is 10.2 Å². The summed E-state index contributed by atoms with van der Waals surface area (Å²) in [4.78, 5) is 5.13. The van der Waals surface area contributed by atoms with Gasteiger partial charge in [0.05, 0.1) is 6.61 Å². The molecule has 0 atom stereocenters. The van der Waals surface area contributed by atoms with Crippen LogP contribution in [0.25, 0.3) is 0 Å². The highest BCUT2D eigenvalue weighted by atomic mass is 32.2. The van der Waals surface area contributed by atoms with Crippen LogP contribution in [0.1, 0.15) is 38.5 Å². The molecule has 0 aromatic rings. The van der Waals surface area contributed by atoms with E-state index in [2.05, 4.69) is 0 Å². The van der Waals surface area contributed by atoms with Crippen molar-refractivity contribution in [2.45, 2.75) is 44.6 Å². The molecular weight excluding hydrogens is 228 g/mol. The SMILES string of the molecule is CN(C1CCCCC1)S(=O)(=O)N1CCCO1. The normalized spacial score (nSPS) is 25.4. The van der Waals surface area contributed by atoms with Gasteiger partial charge in [0.25, 0.3) is 0 Å². The van der Waals surface area contributed by atoms with Crippen molar-refractivity contribution in [3.05, 3.63) is 0 Å². The van der Waals surface area contributed by atoms with Gasteiger partial charge in [0.15, 0.2) is 0 Å². The zero-order valence-electron chi connectivity index (χ0n) is 9.76. The summed E-state index contributed by atoms with van der Waals surface area (Å²) >= 11 is 0. The molecule has 0 N–H and O–H groups in total. The average molecular weight is 248 g/mol. The molecule has 94 valence electrons. The van der Waals surface area contributed by atoms with Crippen LogP contribution >= 0.6 is 0 Å². The molecule has 1 aliphatic carbocycles. The molecule has 1 saturated carbocycles. The van der Waals surface area contributed by atoms with Crippen molar-refractivity contribution in [2.75, 3.05) is 20.2 Å². The highest BCUT2D eigenvalue weighted by molar-refractivity contribution is 7.86. The zero-order chi connectivity index (χ0) is 11.6. The molecule has 0 bridgehead atoms. The molecule has 0 amide bonds. The van der Waals surface area contributed by atoms with Crippen molar-refractivity contribution in [1.29, 1.82) is 0 Å². The van der Waals surface area contributed by atoms with Gasteiger partial charge in [-0.1, -0.05) is 23.7 Å². The van der Waals surface area contributed by atoms with Gasteiger partial charge in [0.2, 0.25) is 0 Å². The topological polar surface area (TPSA) is 49.9 Å². The van der Waals surface area contributed by atoms with Gasteiger partial charge in [-0.15, -0.1) is 0 Å². The van der Waals surface area contributed by atoms with E-state index in [1.165, 1.54) is 10.7 Å². The van der Waals surface area contributed by atoms with Gasteiger partial charge in [-0.3, -0.25) is 4.84 Å². The van der Waals surface area contributed by atoms with Gasteiger partial charge in [0.1, 0.15) is 0 Å². The third-order valence-electron chi connectivity index (χ3n) is 3.43. The summed E-state index contributed by atoms with van der Waals surface area (Å²) in [5.41, 5.74) is 0. The summed E-state index contributed by atoms with van der Waals surface area (Å²) in [5.74, 6) is 0. The smallest absolute Gasteiger partial charge is 0.283 e. The first-order valence-electron chi connectivity index (χ1n) is 6.01. The van der Waals surface area contributed by atoms with Crippen LogP contribution < -0.4 is 0 Å². The maximum Gasteiger partial charge on any atom is 0.304 e. The average Bonchev–Trinajstić information content (AvgIpc) is 2.83.